The monoisotopic (exact) mass is 1480 g/mol. The van der Waals surface area contributed by atoms with Crippen LogP contribution in [0.15, 0.2) is 0 Å². The van der Waals surface area contributed by atoms with E-state index in [9.17, 15) is 43.2 Å². The van der Waals surface area contributed by atoms with Gasteiger partial charge in [-0.05, 0) is 43.4 Å². The second-order valence-electron chi connectivity index (χ2n) is 30.7. The summed E-state index contributed by atoms with van der Waals surface area (Å²) in [6, 6.07) is 0. The SMILES string of the molecule is CCCCCCCCCCCCCCC(=O)OC[C@H](COP(=O)(O)OC[C@H](O)COP(=O)(O)OC[C@@H](COC(=O)CCCCCCCCCCCCCCCC(C)C)OC(=O)CCCCCCCCCCCCCCCCCCCCC(C)C)OC(=O)CCCCCCCCCCC(C)CC. The highest BCUT2D eigenvalue weighted by Crippen LogP contribution is 2.45. The maximum atomic E-state index is 13.1. The van der Waals surface area contributed by atoms with Crippen LogP contribution in [0.4, 0.5) is 0 Å². The average molecular weight is 1480 g/mol. The van der Waals surface area contributed by atoms with Gasteiger partial charge in [0.1, 0.15) is 19.3 Å². The van der Waals surface area contributed by atoms with Crippen molar-refractivity contribution < 1.29 is 80.2 Å². The smallest absolute Gasteiger partial charge is 0.462 e. The van der Waals surface area contributed by atoms with Crippen LogP contribution >= 0.6 is 15.6 Å². The molecule has 0 spiro atoms. The minimum atomic E-state index is -4.96. The van der Waals surface area contributed by atoms with Crippen molar-refractivity contribution in [1.29, 1.82) is 0 Å². The Hall–Kier alpha value is -1.94. The number of aliphatic hydroxyl groups is 1. The molecule has 0 aromatic carbocycles. The molecular formula is C82H160O17P2. The lowest BCUT2D eigenvalue weighted by Gasteiger charge is -2.21. The summed E-state index contributed by atoms with van der Waals surface area (Å²) in [6.07, 6.45) is 61.0. The third-order valence-corrected chi connectivity index (χ3v) is 21.4. The number of rotatable bonds is 80. The highest BCUT2D eigenvalue weighted by atomic mass is 31.2. The number of phosphoric acid groups is 2. The van der Waals surface area contributed by atoms with Crippen LogP contribution in [-0.2, 0) is 65.4 Å². The molecule has 0 rings (SSSR count). The van der Waals surface area contributed by atoms with E-state index in [4.69, 9.17) is 37.0 Å². The first-order valence-electron chi connectivity index (χ1n) is 42.4. The van der Waals surface area contributed by atoms with Gasteiger partial charge in [-0.25, -0.2) is 9.13 Å². The lowest BCUT2D eigenvalue weighted by molar-refractivity contribution is -0.161. The molecule has 0 bridgehead atoms. The Morgan fingerprint density at radius 2 is 0.505 bits per heavy atom. The Bertz CT molecular complexity index is 1960. The van der Waals surface area contributed by atoms with E-state index in [1.54, 1.807) is 0 Å². The molecule has 6 atom stereocenters. The zero-order valence-electron chi connectivity index (χ0n) is 66.4. The molecule has 0 heterocycles. The van der Waals surface area contributed by atoms with Crippen molar-refractivity contribution in [3.05, 3.63) is 0 Å². The number of phosphoric ester groups is 2. The molecular weight excluding hydrogens is 1320 g/mol. The van der Waals surface area contributed by atoms with Crippen LogP contribution in [0.3, 0.4) is 0 Å². The van der Waals surface area contributed by atoms with E-state index in [-0.39, 0.29) is 25.7 Å². The van der Waals surface area contributed by atoms with Gasteiger partial charge in [0.25, 0.3) is 0 Å². The summed E-state index contributed by atoms with van der Waals surface area (Å²) in [6.45, 7) is 12.0. The van der Waals surface area contributed by atoms with Crippen molar-refractivity contribution in [2.75, 3.05) is 39.6 Å². The number of hydrogen-bond donors (Lipinski definition) is 3. The van der Waals surface area contributed by atoms with Gasteiger partial charge in [0.15, 0.2) is 12.2 Å². The minimum Gasteiger partial charge on any atom is -0.462 e. The van der Waals surface area contributed by atoms with E-state index >= 15 is 0 Å². The van der Waals surface area contributed by atoms with E-state index in [2.05, 4.69) is 48.5 Å². The van der Waals surface area contributed by atoms with Crippen molar-refractivity contribution in [3.8, 4) is 0 Å². The molecule has 0 fully saturated rings. The molecule has 0 amide bonds. The number of aliphatic hydroxyl groups excluding tert-OH is 1. The minimum absolute atomic E-state index is 0.105. The molecule has 0 saturated heterocycles. The third-order valence-electron chi connectivity index (χ3n) is 19.5. The lowest BCUT2D eigenvalue weighted by Crippen LogP contribution is -2.30. The van der Waals surface area contributed by atoms with Crippen LogP contribution in [0.1, 0.15) is 427 Å². The van der Waals surface area contributed by atoms with Gasteiger partial charge in [0, 0.05) is 25.7 Å². The number of unbranched alkanes of at least 4 members (excludes halogenated alkanes) is 47. The zero-order valence-corrected chi connectivity index (χ0v) is 68.2. The Balaban J connectivity index is 5.24. The number of ether oxygens (including phenoxy) is 4. The van der Waals surface area contributed by atoms with Crippen LogP contribution in [-0.4, -0.2) is 96.7 Å². The van der Waals surface area contributed by atoms with Gasteiger partial charge in [-0.3, -0.25) is 37.3 Å². The maximum absolute atomic E-state index is 13.1. The van der Waals surface area contributed by atoms with Crippen molar-refractivity contribution in [2.24, 2.45) is 17.8 Å². The summed E-state index contributed by atoms with van der Waals surface area (Å²) in [5, 5.41) is 10.6. The normalized spacial score (nSPS) is 14.2. The van der Waals surface area contributed by atoms with Crippen molar-refractivity contribution >= 4 is 39.5 Å². The summed E-state index contributed by atoms with van der Waals surface area (Å²) >= 11 is 0. The lowest BCUT2D eigenvalue weighted by atomic mass is 9.99. The van der Waals surface area contributed by atoms with Crippen LogP contribution in [0.5, 0.6) is 0 Å². The summed E-state index contributed by atoms with van der Waals surface area (Å²) in [7, 11) is -9.92. The number of carbonyl (C=O) groups is 4. The van der Waals surface area contributed by atoms with Crippen LogP contribution in [0.2, 0.25) is 0 Å². The quantitative estimate of drug-likeness (QED) is 0.0222. The zero-order chi connectivity index (χ0) is 74.4. The van der Waals surface area contributed by atoms with Crippen LogP contribution < -0.4 is 0 Å². The third kappa shape index (κ3) is 74.7. The van der Waals surface area contributed by atoms with Gasteiger partial charge in [-0.2, -0.15) is 0 Å². The molecule has 17 nitrogen and oxygen atoms in total. The topological polar surface area (TPSA) is 237 Å². The molecule has 101 heavy (non-hydrogen) atoms. The predicted octanol–water partition coefficient (Wildman–Crippen LogP) is 24.5. The molecule has 0 aliphatic carbocycles. The summed E-state index contributed by atoms with van der Waals surface area (Å²) < 4.78 is 68.7. The summed E-state index contributed by atoms with van der Waals surface area (Å²) in [4.78, 5) is 73.1. The second kappa shape index (κ2) is 72.3. The molecule has 0 saturated carbocycles. The number of esters is 4. The maximum Gasteiger partial charge on any atom is 0.472 e. The van der Waals surface area contributed by atoms with Crippen LogP contribution in [0.25, 0.3) is 0 Å². The van der Waals surface area contributed by atoms with Gasteiger partial charge in [0.2, 0.25) is 0 Å². The van der Waals surface area contributed by atoms with E-state index in [1.807, 2.05) is 0 Å². The summed E-state index contributed by atoms with van der Waals surface area (Å²) in [5.41, 5.74) is 0. The first-order chi connectivity index (χ1) is 48.8. The highest BCUT2D eigenvalue weighted by molar-refractivity contribution is 7.47. The predicted molar refractivity (Wildman–Crippen MR) is 414 cm³/mol. The standard InChI is InChI=1S/C82H160O17P2/c1-8-10-11-12-13-14-15-29-34-42-49-56-63-79(84)93-70-78(99-82(87)66-59-52-45-38-37-41-48-55-62-75(7)9-2)72-97-101(90,91)95-68-76(83)67-94-100(88,89)96-71-77(69-92-80(85)64-57-50-43-35-30-26-22-24-28-33-40-47-54-61-74(5)6)98-81(86)65-58-51-44-36-31-25-21-19-17-16-18-20-23-27-32-39-46-53-60-73(3)4/h73-78,83H,8-72H2,1-7H3,(H,88,89)(H,90,91)/t75?,76-,77-,78-/m1/s1. The Kier molecular flexibility index (Phi) is 70.9. The fourth-order valence-electron chi connectivity index (χ4n) is 12.6. The fraction of sp³-hybridized carbons (Fsp3) is 0.951. The number of hydrogen-bond acceptors (Lipinski definition) is 15. The van der Waals surface area contributed by atoms with Gasteiger partial charge < -0.3 is 33.8 Å². The summed E-state index contributed by atoms with van der Waals surface area (Å²) in [5.74, 6) is 0.271. The molecule has 0 aromatic rings. The first-order valence-corrected chi connectivity index (χ1v) is 45.4. The van der Waals surface area contributed by atoms with E-state index < -0.39 is 97.5 Å². The average Bonchev–Trinajstić information content (AvgIpc) is 0.946. The molecule has 0 aliphatic heterocycles. The first kappa shape index (κ1) is 99.1. The molecule has 0 aliphatic rings. The van der Waals surface area contributed by atoms with E-state index in [1.165, 1.54) is 238 Å². The van der Waals surface area contributed by atoms with Crippen molar-refractivity contribution in [3.63, 3.8) is 0 Å². The molecule has 600 valence electrons. The Morgan fingerprint density at radius 3 is 0.752 bits per heavy atom. The van der Waals surface area contributed by atoms with Gasteiger partial charge in [-0.15, -0.1) is 0 Å². The Morgan fingerprint density at radius 1 is 0.287 bits per heavy atom. The number of carbonyl (C=O) groups excluding carboxylic acids is 4. The molecule has 0 aromatic heterocycles. The van der Waals surface area contributed by atoms with Crippen LogP contribution in [0, 0.1) is 17.8 Å². The van der Waals surface area contributed by atoms with Gasteiger partial charge in [0.05, 0.1) is 26.4 Å². The van der Waals surface area contributed by atoms with Gasteiger partial charge >= 0.3 is 39.5 Å². The van der Waals surface area contributed by atoms with E-state index in [0.717, 1.165) is 108 Å². The van der Waals surface area contributed by atoms with Crippen molar-refractivity contribution in [2.45, 2.75) is 446 Å². The van der Waals surface area contributed by atoms with Gasteiger partial charge in [-0.1, -0.05) is 376 Å². The molecule has 3 N–H and O–H groups in total. The Labute approximate surface area is 619 Å². The molecule has 3 unspecified atom stereocenters. The largest absolute Gasteiger partial charge is 0.472 e. The second-order valence-corrected chi connectivity index (χ2v) is 33.6. The van der Waals surface area contributed by atoms with Crippen molar-refractivity contribution in [1.82, 2.24) is 0 Å². The molecule has 19 heteroatoms. The van der Waals surface area contributed by atoms with E-state index in [0.29, 0.717) is 25.7 Å². The fourth-order valence-corrected chi connectivity index (χ4v) is 14.2. The molecule has 0 radical (unpaired) electrons. The highest BCUT2D eigenvalue weighted by Gasteiger charge is 2.30.